The van der Waals surface area contributed by atoms with Crippen LogP contribution in [0.5, 0.6) is 0 Å². The number of urea groups is 1. The zero-order valence-electron chi connectivity index (χ0n) is 13.7. The Kier molecular flexibility index (Phi) is 4.73. The SMILES string of the molecule is CC(C)C[C@@H](NC1CCC2(CC1)NC(=O)NC2=O)c1cccs1. The number of hydrogen-bond donors (Lipinski definition) is 3. The Morgan fingerprint density at radius 1 is 1.35 bits per heavy atom. The number of hydrogen-bond acceptors (Lipinski definition) is 4. The second kappa shape index (κ2) is 6.61. The predicted octanol–water partition coefficient (Wildman–Crippen LogP) is 2.95. The third kappa shape index (κ3) is 3.58. The van der Waals surface area contributed by atoms with Crippen molar-refractivity contribution in [3.05, 3.63) is 22.4 Å². The van der Waals surface area contributed by atoms with Crippen molar-refractivity contribution in [1.29, 1.82) is 0 Å². The van der Waals surface area contributed by atoms with E-state index in [2.05, 4.69) is 47.3 Å². The average molecular weight is 335 g/mol. The van der Waals surface area contributed by atoms with Crippen LogP contribution in [-0.4, -0.2) is 23.5 Å². The fraction of sp³-hybridized carbons (Fsp3) is 0.647. The fourth-order valence-corrected chi connectivity index (χ4v) is 4.47. The highest BCUT2D eigenvalue weighted by atomic mass is 32.1. The molecule has 3 N–H and O–H groups in total. The lowest BCUT2D eigenvalue weighted by atomic mass is 9.79. The van der Waals surface area contributed by atoms with Crippen molar-refractivity contribution in [2.45, 2.75) is 63.6 Å². The highest BCUT2D eigenvalue weighted by Crippen LogP contribution is 2.33. The summed E-state index contributed by atoms with van der Waals surface area (Å²) in [5.74, 6) is 0.474. The number of nitrogens with one attached hydrogen (secondary N) is 3. The quantitative estimate of drug-likeness (QED) is 0.725. The zero-order chi connectivity index (χ0) is 16.4. The van der Waals surface area contributed by atoms with E-state index in [9.17, 15) is 9.59 Å². The third-order valence-corrected chi connectivity index (χ3v) is 5.87. The maximum Gasteiger partial charge on any atom is 0.322 e. The molecule has 1 saturated heterocycles. The molecule has 2 fully saturated rings. The molecular formula is C17H25N3O2S. The van der Waals surface area contributed by atoms with Crippen LogP contribution in [0.1, 0.15) is 56.9 Å². The second-order valence-corrected chi connectivity index (χ2v) is 8.11. The molecule has 23 heavy (non-hydrogen) atoms. The van der Waals surface area contributed by atoms with Crippen molar-refractivity contribution >= 4 is 23.3 Å². The van der Waals surface area contributed by atoms with Crippen LogP contribution in [0.15, 0.2) is 17.5 Å². The summed E-state index contributed by atoms with van der Waals surface area (Å²) in [5.41, 5.74) is -0.661. The average Bonchev–Trinajstić information content (AvgIpc) is 3.10. The summed E-state index contributed by atoms with van der Waals surface area (Å²) >= 11 is 1.80. The van der Waals surface area contributed by atoms with E-state index in [1.54, 1.807) is 11.3 Å². The summed E-state index contributed by atoms with van der Waals surface area (Å²) in [5, 5.41) is 11.1. The minimum Gasteiger partial charge on any atom is -0.323 e. The Labute approximate surface area is 141 Å². The van der Waals surface area contributed by atoms with Crippen molar-refractivity contribution < 1.29 is 9.59 Å². The van der Waals surface area contributed by atoms with E-state index < -0.39 is 5.54 Å². The Morgan fingerprint density at radius 2 is 2.09 bits per heavy atom. The zero-order valence-corrected chi connectivity index (χ0v) is 14.5. The van der Waals surface area contributed by atoms with Crippen molar-refractivity contribution in [2.75, 3.05) is 0 Å². The Morgan fingerprint density at radius 3 is 2.61 bits per heavy atom. The Hall–Kier alpha value is -1.40. The molecule has 6 heteroatoms. The molecule has 1 atom stereocenters. The normalized spacial score (nSPS) is 28.9. The molecule has 1 spiro atoms. The molecule has 2 aliphatic rings. The van der Waals surface area contributed by atoms with Gasteiger partial charge in [0, 0.05) is 17.0 Å². The number of rotatable bonds is 5. The molecule has 0 radical (unpaired) electrons. The van der Waals surface area contributed by atoms with Crippen LogP contribution >= 0.6 is 11.3 Å². The molecule has 0 bridgehead atoms. The first-order chi connectivity index (χ1) is 11.0. The van der Waals surface area contributed by atoms with Crippen LogP contribution in [0.3, 0.4) is 0 Å². The van der Waals surface area contributed by atoms with Crippen LogP contribution in [0.2, 0.25) is 0 Å². The molecule has 1 saturated carbocycles. The maximum absolute atomic E-state index is 12.0. The molecule has 1 aliphatic carbocycles. The summed E-state index contributed by atoms with van der Waals surface area (Å²) in [6.45, 7) is 4.49. The number of imide groups is 1. The van der Waals surface area contributed by atoms with Crippen LogP contribution in [-0.2, 0) is 4.79 Å². The van der Waals surface area contributed by atoms with Gasteiger partial charge in [0.05, 0.1) is 0 Å². The monoisotopic (exact) mass is 335 g/mol. The Bertz CT molecular complexity index is 562. The van der Waals surface area contributed by atoms with Crippen LogP contribution in [0.25, 0.3) is 0 Å². The summed E-state index contributed by atoms with van der Waals surface area (Å²) in [4.78, 5) is 24.8. The lowest BCUT2D eigenvalue weighted by Crippen LogP contribution is -2.52. The molecular weight excluding hydrogens is 310 g/mol. The van der Waals surface area contributed by atoms with Gasteiger partial charge in [0.15, 0.2) is 0 Å². The topological polar surface area (TPSA) is 70.2 Å². The molecule has 126 valence electrons. The lowest BCUT2D eigenvalue weighted by Gasteiger charge is -2.36. The van der Waals surface area contributed by atoms with E-state index in [0.29, 0.717) is 30.8 Å². The highest BCUT2D eigenvalue weighted by molar-refractivity contribution is 7.10. The van der Waals surface area contributed by atoms with Crippen molar-refractivity contribution in [3.8, 4) is 0 Å². The van der Waals surface area contributed by atoms with Crippen LogP contribution < -0.4 is 16.0 Å². The lowest BCUT2D eigenvalue weighted by molar-refractivity contribution is -0.125. The van der Waals surface area contributed by atoms with Gasteiger partial charge < -0.3 is 10.6 Å². The van der Waals surface area contributed by atoms with Crippen LogP contribution in [0, 0.1) is 5.92 Å². The van der Waals surface area contributed by atoms with Gasteiger partial charge in [-0.3, -0.25) is 10.1 Å². The number of amides is 3. The number of carbonyl (C=O) groups excluding carboxylic acids is 2. The Balaban J connectivity index is 1.60. The van der Waals surface area contributed by atoms with Gasteiger partial charge in [-0.2, -0.15) is 0 Å². The van der Waals surface area contributed by atoms with Gasteiger partial charge in [0.1, 0.15) is 5.54 Å². The van der Waals surface area contributed by atoms with Gasteiger partial charge in [-0.25, -0.2) is 4.79 Å². The van der Waals surface area contributed by atoms with Gasteiger partial charge in [-0.05, 0) is 49.5 Å². The smallest absolute Gasteiger partial charge is 0.322 e. The molecule has 5 nitrogen and oxygen atoms in total. The van der Waals surface area contributed by atoms with Crippen molar-refractivity contribution in [3.63, 3.8) is 0 Å². The standard InChI is InChI=1S/C17H25N3O2S/c1-11(2)10-13(14-4-3-9-23-14)18-12-5-7-17(8-6-12)15(21)19-16(22)20-17/h3-4,9,11-13,18H,5-8,10H2,1-2H3,(H2,19,20,21,22)/t12?,13-,17?/m1/s1. The van der Waals surface area contributed by atoms with E-state index in [1.807, 2.05) is 0 Å². The fourth-order valence-electron chi connectivity index (χ4n) is 3.67. The summed E-state index contributed by atoms with van der Waals surface area (Å²) in [7, 11) is 0. The molecule has 3 rings (SSSR count). The highest BCUT2D eigenvalue weighted by Gasteiger charge is 2.48. The molecule has 1 aromatic heterocycles. The minimum atomic E-state index is -0.661. The molecule has 1 aliphatic heterocycles. The number of carbonyl (C=O) groups is 2. The third-order valence-electron chi connectivity index (χ3n) is 4.88. The van der Waals surface area contributed by atoms with E-state index >= 15 is 0 Å². The van der Waals surface area contributed by atoms with Gasteiger partial charge in [-0.15, -0.1) is 11.3 Å². The minimum absolute atomic E-state index is 0.155. The number of thiophene rings is 1. The van der Waals surface area contributed by atoms with Gasteiger partial charge >= 0.3 is 6.03 Å². The first-order valence-electron chi connectivity index (χ1n) is 8.41. The molecule has 1 aromatic rings. The van der Waals surface area contributed by atoms with Gasteiger partial charge in [0.2, 0.25) is 0 Å². The van der Waals surface area contributed by atoms with Crippen LogP contribution in [0.4, 0.5) is 4.79 Å². The van der Waals surface area contributed by atoms with Crippen molar-refractivity contribution in [2.24, 2.45) is 5.92 Å². The van der Waals surface area contributed by atoms with Gasteiger partial charge in [0.25, 0.3) is 5.91 Å². The predicted molar refractivity (Wildman–Crippen MR) is 91.3 cm³/mol. The van der Waals surface area contributed by atoms with Gasteiger partial charge in [-0.1, -0.05) is 19.9 Å². The molecule has 0 unspecified atom stereocenters. The molecule has 2 heterocycles. The molecule has 0 aromatic carbocycles. The summed E-state index contributed by atoms with van der Waals surface area (Å²) in [6.07, 6.45) is 4.35. The van der Waals surface area contributed by atoms with E-state index in [-0.39, 0.29) is 11.9 Å². The van der Waals surface area contributed by atoms with Crippen molar-refractivity contribution in [1.82, 2.24) is 16.0 Å². The van der Waals surface area contributed by atoms with E-state index in [4.69, 9.17) is 0 Å². The largest absolute Gasteiger partial charge is 0.323 e. The van der Waals surface area contributed by atoms with E-state index in [1.165, 1.54) is 4.88 Å². The molecule has 3 amide bonds. The second-order valence-electron chi connectivity index (χ2n) is 7.13. The first kappa shape index (κ1) is 16.5. The summed E-state index contributed by atoms with van der Waals surface area (Å²) in [6, 6.07) is 4.72. The van der Waals surface area contributed by atoms with E-state index in [0.717, 1.165) is 19.3 Å². The first-order valence-corrected chi connectivity index (χ1v) is 9.29. The summed E-state index contributed by atoms with van der Waals surface area (Å²) < 4.78 is 0. The maximum atomic E-state index is 12.0.